The Hall–Kier alpha value is -0.740. The molecule has 0 amide bonds. The maximum atomic E-state index is 10.8. The number of hydrogen-bond acceptors (Lipinski definition) is 3. The highest BCUT2D eigenvalue weighted by Gasteiger charge is 2.05. The molecule has 0 spiro atoms. The van der Waals surface area contributed by atoms with Gasteiger partial charge in [0.25, 0.3) is 0 Å². The molecule has 1 heterocycles. The zero-order valence-corrected chi connectivity index (χ0v) is 8.08. The Balaban J connectivity index is 0. The largest absolute Gasteiger partial charge is 0.461 e. The molecule has 4 nitrogen and oxygen atoms in total. The van der Waals surface area contributed by atoms with Crippen LogP contribution in [0.4, 0.5) is 0 Å². The molecule has 0 bridgehead atoms. The van der Waals surface area contributed by atoms with Crippen LogP contribution >= 0.6 is 24.8 Å². The van der Waals surface area contributed by atoms with Crippen molar-refractivity contribution in [3.05, 3.63) is 18.0 Å². The monoisotopic (exact) mass is 212 g/mol. The van der Waals surface area contributed by atoms with Gasteiger partial charge in [-0.15, -0.1) is 24.8 Å². The van der Waals surface area contributed by atoms with Crippen molar-refractivity contribution in [3.8, 4) is 0 Å². The molecule has 0 radical (unpaired) electrons. The van der Waals surface area contributed by atoms with E-state index in [-0.39, 0.29) is 30.8 Å². The molecule has 0 fully saturated rings. The average molecular weight is 213 g/mol. The van der Waals surface area contributed by atoms with Crippen LogP contribution in [0.15, 0.2) is 12.3 Å². The van der Waals surface area contributed by atoms with Gasteiger partial charge in [0.05, 0.1) is 6.61 Å². The number of hydrogen-bond donors (Lipinski definition) is 1. The van der Waals surface area contributed by atoms with Crippen molar-refractivity contribution in [2.75, 3.05) is 6.61 Å². The van der Waals surface area contributed by atoms with Crippen molar-refractivity contribution >= 4 is 30.8 Å². The normalized spacial score (nSPS) is 7.75. The van der Waals surface area contributed by atoms with Gasteiger partial charge in [-0.2, -0.15) is 5.10 Å². The van der Waals surface area contributed by atoms with Crippen LogP contribution < -0.4 is 0 Å². The minimum absolute atomic E-state index is 0. The number of carbonyl (C=O) groups excluding carboxylic acids is 1. The highest BCUT2D eigenvalue weighted by atomic mass is 35.5. The maximum Gasteiger partial charge on any atom is 0.356 e. The number of esters is 1. The smallest absolute Gasteiger partial charge is 0.356 e. The summed E-state index contributed by atoms with van der Waals surface area (Å²) in [5, 5.41) is 6.10. The lowest BCUT2D eigenvalue weighted by Crippen LogP contribution is -2.04. The second kappa shape index (κ2) is 6.94. The van der Waals surface area contributed by atoms with Crippen molar-refractivity contribution in [2.45, 2.75) is 6.92 Å². The molecule has 1 aromatic rings. The Morgan fingerprint density at radius 1 is 1.67 bits per heavy atom. The fourth-order valence-corrected chi connectivity index (χ4v) is 0.578. The van der Waals surface area contributed by atoms with Crippen molar-refractivity contribution in [2.24, 2.45) is 0 Å². The highest BCUT2D eigenvalue weighted by Crippen LogP contribution is 1.93. The van der Waals surface area contributed by atoms with Crippen molar-refractivity contribution in [3.63, 3.8) is 0 Å². The first-order valence-corrected chi connectivity index (χ1v) is 3.01. The van der Waals surface area contributed by atoms with Gasteiger partial charge >= 0.3 is 5.97 Å². The number of H-pyrrole nitrogens is 1. The highest BCUT2D eigenvalue weighted by molar-refractivity contribution is 5.86. The zero-order chi connectivity index (χ0) is 7.40. The lowest BCUT2D eigenvalue weighted by Gasteiger charge is -1.95. The number of rotatable bonds is 2. The van der Waals surface area contributed by atoms with Crippen molar-refractivity contribution in [1.29, 1.82) is 0 Å². The second-order valence-electron chi connectivity index (χ2n) is 1.69. The number of aromatic amines is 1. The molecule has 0 aliphatic heterocycles. The lowest BCUT2D eigenvalue weighted by molar-refractivity contribution is 0.0519. The SMILES string of the molecule is CCOC(=O)c1ccn[nH]1.Cl.Cl. The molecule has 0 unspecified atom stereocenters. The van der Waals surface area contributed by atoms with Crippen LogP contribution in [0.2, 0.25) is 0 Å². The van der Waals surface area contributed by atoms with E-state index in [0.717, 1.165) is 0 Å². The number of ether oxygens (including phenoxy) is 1. The minimum Gasteiger partial charge on any atom is -0.461 e. The number of nitrogens with zero attached hydrogens (tertiary/aromatic N) is 1. The first-order valence-electron chi connectivity index (χ1n) is 3.01. The summed E-state index contributed by atoms with van der Waals surface area (Å²) in [6.07, 6.45) is 1.51. The predicted molar refractivity (Wildman–Crippen MR) is 49.0 cm³/mol. The summed E-state index contributed by atoms with van der Waals surface area (Å²) >= 11 is 0. The van der Waals surface area contributed by atoms with E-state index in [1.54, 1.807) is 13.0 Å². The summed E-state index contributed by atoms with van der Waals surface area (Å²) in [5.41, 5.74) is 0.391. The molecule has 0 saturated carbocycles. The Bertz CT molecular complexity index is 213. The van der Waals surface area contributed by atoms with E-state index in [0.29, 0.717) is 12.3 Å². The van der Waals surface area contributed by atoms with E-state index in [1.165, 1.54) is 6.20 Å². The summed E-state index contributed by atoms with van der Waals surface area (Å²) in [6.45, 7) is 2.14. The molecule has 0 saturated heterocycles. The third-order valence-corrected chi connectivity index (χ3v) is 0.996. The molecule has 0 aromatic carbocycles. The van der Waals surface area contributed by atoms with Gasteiger partial charge < -0.3 is 4.74 Å². The summed E-state index contributed by atoms with van der Waals surface area (Å²) in [5.74, 6) is -0.361. The summed E-state index contributed by atoms with van der Waals surface area (Å²) in [6, 6.07) is 1.57. The van der Waals surface area contributed by atoms with E-state index >= 15 is 0 Å². The van der Waals surface area contributed by atoms with E-state index in [9.17, 15) is 4.79 Å². The standard InChI is InChI=1S/C6H8N2O2.2ClH/c1-2-10-6(9)5-3-4-7-8-5;;/h3-4H,2H2,1H3,(H,7,8);2*1H. The molecule has 12 heavy (non-hydrogen) atoms. The number of carbonyl (C=O) groups is 1. The van der Waals surface area contributed by atoms with Gasteiger partial charge in [-0.05, 0) is 13.0 Å². The van der Waals surface area contributed by atoms with Crippen molar-refractivity contribution in [1.82, 2.24) is 10.2 Å². The lowest BCUT2D eigenvalue weighted by atomic mass is 10.4. The number of halogens is 2. The van der Waals surface area contributed by atoms with Crippen LogP contribution in [0.1, 0.15) is 17.4 Å². The Morgan fingerprint density at radius 3 is 2.75 bits per heavy atom. The summed E-state index contributed by atoms with van der Waals surface area (Å²) in [7, 11) is 0. The fraction of sp³-hybridized carbons (Fsp3) is 0.333. The van der Waals surface area contributed by atoms with Gasteiger partial charge in [-0.1, -0.05) is 0 Å². The fourth-order valence-electron chi connectivity index (χ4n) is 0.578. The molecule has 6 heteroatoms. The quantitative estimate of drug-likeness (QED) is 0.756. The molecular formula is C6H10Cl2N2O2. The van der Waals surface area contributed by atoms with Gasteiger partial charge in [0, 0.05) is 6.20 Å². The van der Waals surface area contributed by atoms with Crippen LogP contribution in [0.5, 0.6) is 0 Å². The number of nitrogens with one attached hydrogen (secondary N) is 1. The van der Waals surface area contributed by atoms with Gasteiger partial charge in [-0.25, -0.2) is 4.79 Å². The van der Waals surface area contributed by atoms with Crippen LogP contribution in [0, 0.1) is 0 Å². The van der Waals surface area contributed by atoms with Gasteiger partial charge in [0.2, 0.25) is 0 Å². The zero-order valence-electron chi connectivity index (χ0n) is 6.44. The Morgan fingerprint density at radius 2 is 2.33 bits per heavy atom. The van der Waals surface area contributed by atoms with E-state index in [2.05, 4.69) is 14.9 Å². The first-order chi connectivity index (χ1) is 4.84. The third-order valence-electron chi connectivity index (χ3n) is 0.996. The molecule has 0 aliphatic carbocycles. The number of aromatic nitrogens is 2. The second-order valence-corrected chi connectivity index (χ2v) is 1.69. The summed E-state index contributed by atoms with van der Waals surface area (Å²) < 4.78 is 4.68. The summed E-state index contributed by atoms with van der Waals surface area (Å²) in [4.78, 5) is 10.8. The molecular weight excluding hydrogens is 203 g/mol. The van der Waals surface area contributed by atoms with Gasteiger partial charge in [0.1, 0.15) is 5.69 Å². The average Bonchev–Trinajstić information content (AvgIpc) is 2.38. The van der Waals surface area contributed by atoms with Gasteiger partial charge in [0.15, 0.2) is 0 Å². The van der Waals surface area contributed by atoms with Crippen LogP contribution in [0.3, 0.4) is 0 Å². The van der Waals surface area contributed by atoms with E-state index in [4.69, 9.17) is 0 Å². The molecule has 1 rings (SSSR count). The molecule has 1 N–H and O–H groups in total. The minimum atomic E-state index is -0.361. The van der Waals surface area contributed by atoms with E-state index < -0.39 is 0 Å². The van der Waals surface area contributed by atoms with E-state index in [1.807, 2.05) is 0 Å². The van der Waals surface area contributed by atoms with Crippen LogP contribution in [0.25, 0.3) is 0 Å². The van der Waals surface area contributed by atoms with Crippen LogP contribution in [-0.4, -0.2) is 22.8 Å². The van der Waals surface area contributed by atoms with Crippen LogP contribution in [-0.2, 0) is 4.74 Å². The molecule has 1 aromatic heterocycles. The molecule has 70 valence electrons. The first kappa shape index (κ1) is 13.8. The molecule has 0 aliphatic rings. The Labute approximate surface area is 82.5 Å². The topological polar surface area (TPSA) is 55.0 Å². The third kappa shape index (κ3) is 3.59. The van der Waals surface area contributed by atoms with Gasteiger partial charge in [-0.3, -0.25) is 5.10 Å². The van der Waals surface area contributed by atoms with Crippen molar-refractivity contribution < 1.29 is 9.53 Å². The Kier molecular flexibility index (Phi) is 7.99. The maximum absolute atomic E-state index is 10.8. The molecule has 0 atom stereocenters. The predicted octanol–water partition coefficient (Wildman–Crippen LogP) is 1.43.